The number of rotatable bonds is 5. The lowest BCUT2D eigenvalue weighted by molar-refractivity contribution is 0.317. The Bertz CT molecular complexity index is 256. The fraction of sp³-hybridized carbons (Fsp3) is 0.933. The molecule has 3 unspecified atom stereocenters. The molecule has 0 spiro atoms. The smallest absolute Gasteiger partial charge is 0.106 e. The molecule has 2 heteroatoms. The molecule has 1 fully saturated rings. The average Bonchev–Trinajstić information content (AvgIpc) is 2.53. The van der Waals surface area contributed by atoms with Gasteiger partial charge in [-0.2, -0.15) is 5.26 Å². The van der Waals surface area contributed by atoms with Gasteiger partial charge in [0.1, 0.15) is 5.54 Å². The molecule has 1 saturated carbocycles. The zero-order valence-electron chi connectivity index (χ0n) is 11.8. The summed E-state index contributed by atoms with van der Waals surface area (Å²) in [5.41, 5.74) is -0.238. The summed E-state index contributed by atoms with van der Waals surface area (Å²) in [6, 6.07) is 3.03. The Labute approximate surface area is 107 Å². The lowest BCUT2D eigenvalue weighted by atomic mass is 9.89. The maximum Gasteiger partial charge on any atom is 0.106 e. The second kappa shape index (κ2) is 7.01. The molecule has 0 aromatic rings. The molecule has 0 radical (unpaired) electrons. The van der Waals surface area contributed by atoms with Crippen LogP contribution in [-0.4, -0.2) is 11.6 Å². The van der Waals surface area contributed by atoms with Crippen molar-refractivity contribution in [1.29, 1.82) is 5.26 Å². The van der Waals surface area contributed by atoms with Gasteiger partial charge in [0.05, 0.1) is 6.07 Å². The van der Waals surface area contributed by atoms with Crippen molar-refractivity contribution in [3.05, 3.63) is 0 Å². The highest BCUT2D eigenvalue weighted by atomic mass is 15.0. The zero-order chi connectivity index (χ0) is 12.7. The zero-order valence-corrected chi connectivity index (χ0v) is 11.8. The normalized spacial score (nSPS) is 31.5. The van der Waals surface area contributed by atoms with Crippen molar-refractivity contribution >= 4 is 0 Å². The molecule has 0 aromatic carbocycles. The Morgan fingerprint density at radius 2 is 2.12 bits per heavy atom. The van der Waals surface area contributed by atoms with Crippen LogP contribution in [0.25, 0.3) is 0 Å². The third-order valence-electron chi connectivity index (χ3n) is 4.24. The molecule has 1 N–H and O–H groups in total. The molecule has 98 valence electrons. The standard InChI is InChI=1S/C15H28N2/c1-4-7-14-8-6-10-15(12-16,11-9-14)17-13(3)5-2/h13-14,17H,4-11H2,1-3H3. The molecule has 0 saturated heterocycles. The summed E-state index contributed by atoms with van der Waals surface area (Å²) in [5, 5.41) is 13.1. The van der Waals surface area contributed by atoms with Gasteiger partial charge in [0.2, 0.25) is 0 Å². The lowest BCUT2D eigenvalue weighted by Crippen LogP contribution is -2.48. The third kappa shape index (κ3) is 4.32. The Balaban J connectivity index is 2.59. The summed E-state index contributed by atoms with van der Waals surface area (Å²) in [5.74, 6) is 0.856. The van der Waals surface area contributed by atoms with Crippen molar-refractivity contribution in [2.24, 2.45) is 5.92 Å². The van der Waals surface area contributed by atoms with Gasteiger partial charge in [-0.05, 0) is 38.5 Å². The molecule has 1 rings (SSSR count). The monoisotopic (exact) mass is 236 g/mol. The van der Waals surface area contributed by atoms with Crippen LogP contribution in [-0.2, 0) is 0 Å². The molecule has 17 heavy (non-hydrogen) atoms. The summed E-state index contributed by atoms with van der Waals surface area (Å²) >= 11 is 0. The van der Waals surface area contributed by atoms with Crippen molar-refractivity contribution < 1.29 is 0 Å². The Hall–Kier alpha value is -0.550. The first-order valence-electron chi connectivity index (χ1n) is 7.34. The SMILES string of the molecule is CCCC1CCCC(C#N)(NC(C)CC)CC1. The molecular formula is C15H28N2. The van der Waals surface area contributed by atoms with Gasteiger partial charge < -0.3 is 0 Å². The van der Waals surface area contributed by atoms with Crippen molar-refractivity contribution in [3.63, 3.8) is 0 Å². The topological polar surface area (TPSA) is 35.8 Å². The number of hydrogen-bond donors (Lipinski definition) is 1. The van der Waals surface area contributed by atoms with Crippen LogP contribution in [0.15, 0.2) is 0 Å². The first kappa shape index (κ1) is 14.5. The molecule has 0 amide bonds. The van der Waals surface area contributed by atoms with Crippen LogP contribution in [0.1, 0.15) is 72.1 Å². The van der Waals surface area contributed by atoms with Crippen molar-refractivity contribution in [2.45, 2.75) is 83.7 Å². The first-order valence-corrected chi connectivity index (χ1v) is 7.34. The highest BCUT2D eigenvalue weighted by molar-refractivity contribution is 5.08. The molecule has 0 heterocycles. The van der Waals surface area contributed by atoms with Gasteiger partial charge in [-0.15, -0.1) is 0 Å². The van der Waals surface area contributed by atoms with Gasteiger partial charge in [0, 0.05) is 6.04 Å². The van der Waals surface area contributed by atoms with Crippen LogP contribution >= 0.6 is 0 Å². The third-order valence-corrected chi connectivity index (χ3v) is 4.24. The van der Waals surface area contributed by atoms with Crippen LogP contribution in [0.4, 0.5) is 0 Å². The number of nitrogens with zero attached hydrogens (tertiary/aromatic N) is 1. The molecule has 0 bridgehead atoms. The maximum absolute atomic E-state index is 9.51. The second-order valence-electron chi connectivity index (χ2n) is 5.73. The minimum absolute atomic E-state index is 0.238. The van der Waals surface area contributed by atoms with Crippen LogP contribution in [0.3, 0.4) is 0 Å². The van der Waals surface area contributed by atoms with E-state index in [9.17, 15) is 5.26 Å². The Morgan fingerprint density at radius 3 is 2.71 bits per heavy atom. The first-order chi connectivity index (χ1) is 8.15. The predicted molar refractivity (Wildman–Crippen MR) is 72.7 cm³/mol. The van der Waals surface area contributed by atoms with E-state index in [-0.39, 0.29) is 5.54 Å². The van der Waals surface area contributed by atoms with Crippen LogP contribution < -0.4 is 5.32 Å². The Kier molecular flexibility index (Phi) is 5.98. The van der Waals surface area contributed by atoms with Gasteiger partial charge in [-0.1, -0.05) is 39.5 Å². The van der Waals surface area contributed by atoms with E-state index in [0.717, 1.165) is 25.2 Å². The van der Waals surface area contributed by atoms with Gasteiger partial charge in [-0.25, -0.2) is 0 Å². The summed E-state index contributed by atoms with van der Waals surface area (Å²) < 4.78 is 0. The van der Waals surface area contributed by atoms with Gasteiger partial charge >= 0.3 is 0 Å². The average molecular weight is 236 g/mol. The van der Waals surface area contributed by atoms with Crippen molar-refractivity contribution in [2.75, 3.05) is 0 Å². The van der Waals surface area contributed by atoms with E-state index in [0.29, 0.717) is 6.04 Å². The highest BCUT2D eigenvalue weighted by Gasteiger charge is 2.33. The van der Waals surface area contributed by atoms with Gasteiger partial charge in [0.15, 0.2) is 0 Å². The molecular weight excluding hydrogens is 208 g/mol. The van der Waals surface area contributed by atoms with Crippen molar-refractivity contribution in [3.8, 4) is 6.07 Å². The fourth-order valence-electron chi connectivity index (χ4n) is 2.97. The summed E-state index contributed by atoms with van der Waals surface area (Å²) in [7, 11) is 0. The molecule has 2 nitrogen and oxygen atoms in total. The largest absolute Gasteiger partial charge is 0.297 e. The van der Waals surface area contributed by atoms with E-state index in [1.807, 2.05) is 0 Å². The van der Waals surface area contributed by atoms with E-state index in [4.69, 9.17) is 0 Å². The molecule has 1 aliphatic carbocycles. The molecule has 3 atom stereocenters. The number of nitrogens with one attached hydrogen (secondary N) is 1. The van der Waals surface area contributed by atoms with Crippen LogP contribution in [0.5, 0.6) is 0 Å². The van der Waals surface area contributed by atoms with E-state index in [1.165, 1.54) is 32.1 Å². The fourth-order valence-corrected chi connectivity index (χ4v) is 2.97. The lowest BCUT2D eigenvalue weighted by Gasteiger charge is -2.30. The number of nitriles is 1. The Morgan fingerprint density at radius 1 is 1.35 bits per heavy atom. The maximum atomic E-state index is 9.51. The van der Waals surface area contributed by atoms with E-state index >= 15 is 0 Å². The second-order valence-corrected chi connectivity index (χ2v) is 5.73. The molecule has 0 aliphatic heterocycles. The summed E-state index contributed by atoms with van der Waals surface area (Å²) in [6.45, 7) is 6.63. The minimum Gasteiger partial charge on any atom is -0.297 e. The quantitative estimate of drug-likeness (QED) is 0.732. The van der Waals surface area contributed by atoms with Crippen LogP contribution in [0, 0.1) is 17.2 Å². The van der Waals surface area contributed by atoms with Gasteiger partial charge in [-0.3, -0.25) is 5.32 Å². The van der Waals surface area contributed by atoms with E-state index in [2.05, 4.69) is 32.2 Å². The molecule has 1 aliphatic rings. The predicted octanol–water partition coefficient (Wildman–Crippen LogP) is 4.02. The van der Waals surface area contributed by atoms with E-state index in [1.54, 1.807) is 0 Å². The van der Waals surface area contributed by atoms with E-state index < -0.39 is 0 Å². The van der Waals surface area contributed by atoms with Crippen LogP contribution in [0.2, 0.25) is 0 Å². The van der Waals surface area contributed by atoms with Gasteiger partial charge in [0.25, 0.3) is 0 Å². The summed E-state index contributed by atoms with van der Waals surface area (Å²) in [4.78, 5) is 0. The minimum atomic E-state index is -0.238. The highest BCUT2D eigenvalue weighted by Crippen LogP contribution is 2.32. The van der Waals surface area contributed by atoms with Crippen molar-refractivity contribution in [1.82, 2.24) is 5.32 Å². The molecule has 0 aromatic heterocycles. The number of hydrogen-bond acceptors (Lipinski definition) is 2. The summed E-state index contributed by atoms with van der Waals surface area (Å²) in [6.07, 6.45) is 9.55.